The molecule has 0 saturated carbocycles. The summed E-state index contributed by atoms with van der Waals surface area (Å²) in [6.45, 7) is 4.27. The van der Waals surface area contributed by atoms with E-state index in [1.807, 2.05) is 11.8 Å². The molecular formula is C14H22N6O4. The third-order valence-corrected chi connectivity index (χ3v) is 4.08. The summed E-state index contributed by atoms with van der Waals surface area (Å²) in [5.74, 6) is 0.506. The van der Waals surface area contributed by atoms with Crippen molar-refractivity contribution in [3.05, 3.63) is 22.5 Å². The molecule has 1 aromatic heterocycles. The second kappa shape index (κ2) is 7.75. The summed E-state index contributed by atoms with van der Waals surface area (Å²) >= 11 is 0. The molecule has 0 radical (unpaired) electrons. The molecular weight excluding hydrogens is 316 g/mol. The molecule has 2 heterocycles. The molecule has 24 heavy (non-hydrogen) atoms. The number of methoxy groups -OCH3 is 1. The predicted molar refractivity (Wildman–Crippen MR) is 86.5 cm³/mol. The summed E-state index contributed by atoms with van der Waals surface area (Å²) in [5, 5.41) is 17.8. The molecule has 0 amide bonds. The Labute approximate surface area is 139 Å². The minimum atomic E-state index is -0.478. The molecule has 132 valence electrons. The van der Waals surface area contributed by atoms with Gasteiger partial charge in [0.1, 0.15) is 12.4 Å². The van der Waals surface area contributed by atoms with Gasteiger partial charge in [-0.25, -0.2) is 0 Å². The van der Waals surface area contributed by atoms with Crippen LogP contribution in [0.2, 0.25) is 0 Å². The van der Waals surface area contributed by atoms with Crippen molar-refractivity contribution in [3.8, 4) is 0 Å². The summed E-state index contributed by atoms with van der Waals surface area (Å²) in [6, 6.07) is 0. The van der Waals surface area contributed by atoms with Gasteiger partial charge < -0.3 is 15.0 Å². The molecule has 1 aliphatic heterocycles. The second-order valence-electron chi connectivity index (χ2n) is 5.70. The molecule has 1 aromatic rings. The van der Waals surface area contributed by atoms with Crippen molar-refractivity contribution < 1.29 is 14.5 Å². The summed E-state index contributed by atoms with van der Waals surface area (Å²) < 4.78 is 6.34. The van der Waals surface area contributed by atoms with Crippen LogP contribution in [0.5, 0.6) is 0 Å². The maximum absolute atomic E-state index is 11.8. The van der Waals surface area contributed by atoms with Crippen LogP contribution in [0, 0.1) is 22.0 Å². The van der Waals surface area contributed by atoms with Crippen LogP contribution in [0.4, 0.5) is 5.69 Å². The zero-order valence-electron chi connectivity index (χ0n) is 14.0. The third kappa shape index (κ3) is 4.00. The normalized spacial score (nSPS) is 21.0. The molecule has 2 rings (SSSR count). The van der Waals surface area contributed by atoms with E-state index in [-0.39, 0.29) is 23.5 Å². The largest absolute Gasteiger partial charge is 0.469 e. The van der Waals surface area contributed by atoms with Crippen molar-refractivity contribution in [2.24, 2.45) is 16.8 Å². The molecule has 1 N–H and O–H groups in total. The number of nitrogens with one attached hydrogen (secondary N) is 1. The predicted octanol–water partition coefficient (Wildman–Crippen LogP) is 0.108. The van der Waals surface area contributed by atoms with Gasteiger partial charge in [-0.05, 0) is 5.92 Å². The van der Waals surface area contributed by atoms with E-state index in [1.165, 1.54) is 24.2 Å². The van der Waals surface area contributed by atoms with Crippen LogP contribution >= 0.6 is 0 Å². The highest BCUT2D eigenvalue weighted by Gasteiger charge is 2.36. The summed E-state index contributed by atoms with van der Waals surface area (Å²) in [5.41, 5.74) is -0.0336. The molecule has 2 atom stereocenters. The Morgan fingerprint density at radius 2 is 2.33 bits per heavy atom. The van der Waals surface area contributed by atoms with Crippen LogP contribution in [0.1, 0.15) is 6.92 Å². The Kier molecular flexibility index (Phi) is 5.72. The van der Waals surface area contributed by atoms with Crippen molar-refractivity contribution in [2.75, 3.05) is 33.8 Å². The van der Waals surface area contributed by atoms with E-state index in [4.69, 9.17) is 4.74 Å². The van der Waals surface area contributed by atoms with Gasteiger partial charge in [0.2, 0.25) is 0 Å². The van der Waals surface area contributed by atoms with E-state index in [0.717, 1.165) is 0 Å². The van der Waals surface area contributed by atoms with Gasteiger partial charge in [-0.2, -0.15) is 5.10 Å². The lowest BCUT2D eigenvalue weighted by Crippen LogP contribution is -2.41. The molecule has 10 heteroatoms. The number of hydrogen-bond donors (Lipinski definition) is 1. The van der Waals surface area contributed by atoms with Crippen molar-refractivity contribution in [3.63, 3.8) is 0 Å². The van der Waals surface area contributed by atoms with E-state index >= 15 is 0 Å². The van der Waals surface area contributed by atoms with E-state index in [1.54, 1.807) is 7.05 Å². The Morgan fingerprint density at radius 1 is 1.58 bits per heavy atom. The maximum Gasteiger partial charge on any atom is 0.310 e. The lowest BCUT2D eigenvalue weighted by molar-refractivity contribution is -0.385. The highest BCUT2D eigenvalue weighted by atomic mass is 16.6. The first-order chi connectivity index (χ1) is 11.5. The molecule has 0 spiro atoms. The van der Waals surface area contributed by atoms with Crippen LogP contribution in [-0.4, -0.2) is 65.3 Å². The third-order valence-electron chi connectivity index (χ3n) is 4.08. The number of nitrogens with zero attached hydrogens (tertiary/aromatic N) is 5. The minimum absolute atomic E-state index is 0.0336. The number of guanidine groups is 1. The Hall–Kier alpha value is -2.65. The minimum Gasteiger partial charge on any atom is -0.469 e. The number of carbonyl (C=O) groups is 1. The SMILES string of the molecule is CN=C(NCCn1cc([N+](=O)[O-])cn1)N1CC(C)C(C(=O)OC)C1. The lowest BCUT2D eigenvalue weighted by atomic mass is 9.99. The number of esters is 1. The maximum atomic E-state index is 11.8. The molecule has 1 fully saturated rings. The zero-order valence-corrected chi connectivity index (χ0v) is 14.0. The zero-order chi connectivity index (χ0) is 17.7. The van der Waals surface area contributed by atoms with Gasteiger partial charge in [0.15, 0.2) is 5.96 Å². The van der Waals surface area contributed by atoms with E-state index in [0.29, 0.717) is 32.1 Å². The molecule has 2 unspecified atom stereocenters. The van der Waals surface area contributed by atoms with Crippen molar-refractivity contribution in [1.82, 2.24) is 20.0 Å². The van der Waals surface area contributed by atoms with Crippen LogP contribution in [-0.2, 0) is 16.1 Å². The quantitative estimate of drug-likeness (QED) is 0.266. The number of aromatic nitrogens is 2. The number of carbonyl (C=O) groups excluding carboxylic acids is 1. The Balaban J connectivity index is 1.86. The van der Waals surface area contributed by atoms with Gasteiger partial charge in [0.05, 0.1) is 24.5 Å². The Bertz CT molecular complexity index is 629. The number of ether oxygens (including phenoxy) is 1. The number of rotatable bonds is 5. The standard InChI is InChI=1S/C14H22N6O4/c1-10-7-18(9-12(10)13(21)24-3)14(15-2)16-4-5-19-8-11(6-17-19)20(22)23/h6,8,10,12H,4-5,7,9H2,1-3H3,(H,15,16). The fourth-order valence-electron chi connectivity index (χ4n) is 2.78. The second-order valence-corrected chi connectivity index (χ2v) is 5.70. The Morgan fingerprint density at radius 3 is 2.92 bits per heavy atom. The fraction of sp³-hybridized carbons (Fsp3) is 0.643. The first kappa shape index (κ1) is 17.7. The van der Waals surface area contributed by atoms with E-state index in [9.17, 15) is 14.9 Å². The van der Waals surface area contributed by atoms with Gasteiger partial charge in [0, 0.05) is 26.7 Å². The summed E-state index contributed by atoms with van der Waals surface area (Å²) in [7, 11) is 3.07. The topological polar surface area (TPSA) is 115 Å². The van der Waals surface area contributed by atoms with Crippen molar-refractivity contribution in [2.45, 2.75) is 13.5 Å². The fourth-order valence-corrected chi connectivity index (χ4v) is 2.78. The number of aliphatic imine (C=N–C) groups is 1. The molecule has 1 aliphatic rings. The number of nitro groups is 1. The number of hydrogen-bond acceptors (Lipinski definition) is 6. The molecule has 10 nitrogen and oxygen atoms in total. The highest BCUT2D eigenvalue weighted by molar-refractivity contribution is 5.82. The number of likely N-dealkylation sites (tertiary alicyclic amines) is 1. The average Bonchev–Trinajstić information content (AvgIpc) is 3.18. The molecule has 0 aliphatic carbocycles. The average molecular weight is 338 g/mol. The van der Waals surface area contributed by atoms with Crippen LogP contribution in [0.25, 0.3) is 0 Å². The van der Waals surface area contributed by atoms with Gasteiger partial charge in [-0.1, -0.05) is 6.92 Å². The molecule has 0 bridgehead atoms. The smallest absolute Gasteiger partial charge is 0.310 e. The summed E-state index contributed by atoms with van der Waals surface area (Å²) in [4.78, 5) is 28.2. The molecule has 1 saturated heterocycles. The molecule has 0 aromatic carbocycles. The summed E-state index contributed by atoms with van der Waals surface area (Å²) in [6.07, 6.45) is 2.60. The van der Waals surface area contributed by atoms with Gasteiger partial charge in [-0.15, -0.1) is 0 Å². The van der Waals surface area contributed by atoms with Crippen LogP contribution in [0.3, 0.4) is 0 Å². The van der Waals surface area contributed by atoms with Crippen molar-refractivity contribution >= 4 is 17.6 Å². The van der Waals surface area contributed by atoms with Gasteiger partial charge in [0.25, 0.3) is 0 Å². The van der Waals surface area contributed by atoms with E-state index in [2.05, 4.69) is 15.4 Å². The van der Waals surface area contributed by atoms with E-state index < -0.39 is 4.92 Å². The van der Waals surface area contributed by atoms with Gasteiger partial charge >= 0.3 is 11.7 Å². The first-order valence-corrected chi connectivity index (χ1v) is 7.66. The lowest BCUT2D eigenvalue weighted by Gasteiger charge is -2.21. The first-order valence-electron chi connectivity index (χ1n) is 7.66. The van der Waals surface area contributed by atoms with Crippen LogP contribution < -0.4 is 5.32 Å². The van der Waals surface area contributed by atoms with Crippen molar-refractivity contribution in [1.29, 1.82) is 0 Å². The highest BCUT2D eigenvalue weighted by Crippen LogP contribution is 2.23. The monoisotopic (exact) mass is 338 g/mol. The van der Waals surface area contributed by atoms with Crippen LogP contribution in [0.15, 0.2) is 17.4 Å². The van der Waals surface area contributed by atoms with Gasteiger partial charge in [-0.3, -0.25) is 24.6 Å².